The Morgan fingerprint density at radius 2 is 2.00 bits per heavy atom. The summed E-state index contributed by atoms with van der Waals surface area (Å²) in [6.45, 7) is 3.81. The maximum atomic E-state index is 11.6. The van der Waals surface area contributed by atoms with Gasteiger partial charge in [0, 0.05) is 11.8 Å². The summed E-state index contributed by atoms with van der Waals surface area (Å²) in [5.74, 6) is 0.0653. The molecule has 0 amide bonds. The van der Waals surface area contributed by atoms with E-state index in [1.54, 1.807) is 0 Å². The molecule has 0 aromatic rings. The molecule has 1 aliphatic rings. The molecule has 0 saturated heterocycles. The minimum absolute atomic E-state index is 0.0324. The fraction of sp³-hybridized carbons (Fsp3) is 0.778. The molecule has 0 N–H and O–H groups in total. The minimum atomic E-state index is -0.560. The quantitative estimate of drug-likeness (QED) is 0.364. The number of Topliss-reactive ketones (excluding diaryl/α,β-unsaturated/α-hetero) is 2. The van der Waals surface area contributed by atoms with Crippen LogP contribution in [0, 0.1) is 5.41 Å². The van der Waals surface area contributed by atoms with E-state index in [4.69, 9.17) is 0 Å². The summed E-state index contributed by atoms with van der Waals surface area (Å²) in [4.78, 5) is 22.3. The lowest BCUT2D eigenvalue weighted by atomic mass is 9.84. The first-order valence-electron chi connectivity index (χ1n) is 4.16. The van der Waals surface area contributed by atoms with E-state index >= 15 is 0 Å². The second-order valence-corrected chi connectivity index (χ2v) is 4.85. The van der Waals surface area contributed by atoms with Crippen LogP contribution in [0.1, 0.15) is 33.1 Å². The Morgan fingerprint density at radius 3 is 2.58 bits per heavy atom. The molecule has 1 saturated carbocycles. The van der Waals surface area contributed by atoms with E-state index in [-0.39, 0.29) is 17.0 Å². The van der Waals surface area contributed by atoms with Gasteiger partial charge in [0.1, 0.15) is 4.83 Å². The van der Waals surface area contributed by atoms with Crippen LogP contribution >= 0.6 is 15.9 Å². The smallest absolute Gasteiger partial charge is 0.159 e. The highest BCUT2D eigenvalue weighted by molar-refractivity contribution is 9.10. The van der Waals surface area contributed by atoms with E-state index in [2.05, 4.69) is 15.9 Å². The number of carbonyl (C=O) groups excluding carboxylic acids is 2. The molecule has 2 nitrogen and oxygen atoms in total. The van der Waals surface area contributed by atoms with Gasteiger partial charge in [0.05, 0.1) is 0 Å². The summed E-state index contributed by atoms with van der Waals surface area (Å²) in [6, 6.07) is 0. The van der Waals surface area contributed by atoms with Gasteiger partial charge in [-0.05, 0) is 12.8 Å². The van der Waals surface area contributed by atoms with Crippen LogP contribution in [0.2, 0.25) is 0 Å². The van der Waals surface area contributed by atoms with E-state index < -0.39 is 4.83 Å². The van der Waals surface area contributed by atoms with Gasteiger partial charge in [0.25, 0.3) is 0 Å². The molecule has 0 aliphatic heterocycles. The fourth-order valence-electron chi connectivity index (χ4n) is 1.44. The molecule has 1 unspecified atom stereocenters. The first-order valence-corrected chi connectivity index (χ1v) is 5.08. The molecule has 1 rings (SSSR count). The summed E-state index contributed by atoms with van der Waals surface area (Å²) in [5.41, 5.74) is -0.333. The molecule has 3 heteroatoms. The van der Waals surface area contributed by atoms with Crippen LogP contribution in [0.15, 0.2) is 0 Å². The standard InChI is InChI=1S/C9H13BrO2/c1-9(2)5-3-4-6(11)7(10)8(9)12/h7H,3-5H2,1-2H3. The maximum absolute atomic E-state index is 11.6. The van der Waals surface area contributed by atoms with Crippen molar-refractivity contribution in [3.8, 4) is 0 Å². The van der Waals surface area contributed by atoms with Crippen molar-refractivity contribution in [2.75, 3.05) is 0 Å². The maximum Gasteiger partial charge on any atom is 0.159 e. The van der Waals surface area contributed by atoms with Gasteiger partial charge >= 0.3 is 0 Å². The monoisotopic (exact) mass is 232 g/mol. The third-order valence-electron chi connectivity index (χ3n) is 2.40. The van der Waals surface area contributed by atoms with Gasteiger partial charge in [0.2, 0.25) is 0 Å². The van der Waals surface area contributed by atoms with E-state index in [0.29, 0.717) is 6.42 Å². The van der Waals surface area contributed by atoms with Crippen LogP contribution in [-0.4, -0.2) is 16.4 Å². The van der Waals surface area contributed by atoms with Crippen LogP contribution in [-0.2, 0) is 9.59 Å². The van der Waals surface area contributed by atoms with Crippen molar-refractivity contribution in [1.82, 2.24) is 0 Å². The van der Waals surface area contributed by atoms with Crippen molar-refractivity contribution in [1.29, 1.82) is 0 Å². The van der Waals surface area contributed by atoms with E-state index in [9.17, 15) is 9.59 Å². The highest BCUT2D eigenvalue weighted by Gasteiger charge is 2.38. The summed E-state index contributed by atoms with van der Waals surface area (Å²) < 4.78 is 0. The zero-order valence-electron chi connectivity index (χ0n) is 7.39. The van der Waals surface area contributed by atoms with Gasteiger partial charge in [-0.25, -0.2) is 0 Å². The predicted molar refractivity (Wildman–Crippen MR) is 50.4 cm³/mol. The number of hydrogen-bond acceptors (Lipinski definition) is 2. The van der Waals surface area contributed by atoms with Gasteiger partial charge in [-0.3, -0.25) is 9.59 Å². The Hall–Kier alpha value is -0.180. The normalized spacial score (nSPS) is 30.1. The average Bonchev–Trinajstić information content (AvgIpc) is 2.06. The van der Waals surface area contributed by atoms with Gasteiger partial charge in [0.15, 0.2) is 11.6 Å². The molecule has 0 bridgehead atoms. The molecule has 1 aliphatic carbocycles. The molecular formula is C9H13BrO2. The topological polar surface area (TPSA) is 34.1 Å². The van der Waals surface area contributed by atoms with Gasteiger partial charge < -0.3 is 0 Å². The second-order valence-electron chi connectivity index (χ2n) is 3.93. The third kappa shape index (κ3) is 1.76. The van der Waals surface area contributed by atoms with Crippen LogP contribution in [0.3, 0.4) is 0 Å². The predicted octanol–water partition coefficient (Wildman–Crippen LogP) is 2.10. The van der Waals surface area contributed by atoms with E-state index in [1.807, 2.05) is 13.8 Å². The number of rotatable bonds is 0. The molecular weight excluding hydrogens is 220 g/mol. The van der Waals surface area contributed by atoms with Crippen molar-refractivity contribution < 1.29 is 9.59 Å². The Labute approximate surface area is 80.8 Å². The van der Waals surface area contributed by atoms with Gasteiger partial charge in [-0.15, -0.1) is 0 Å². The largest absolute Gasteiger partial charge is 0.298 e. The molecule has 1 atom stereocenters. The number of ketones is 2. The van der Waals surface area contributed by atoms with Gasteiger partial charge in [-0.2, -0.15) is 0 Å². The average molecular weight is 233 g/mol. The molecule has 0 aromatic heterocycles. The first kappa shape index (κ1) is 9.90. The fourth-order valence-corrected chi connectivity index (χ4v) is 2.29. The first-order chi connectivity index (χ1) is 5.45. The molecule has 68 valence electrons. The molecule has 0 heterocycles. The second kappa shape index (κ2) is 3.29. The van der Waals surface area contributed by atoms with Crippen LogP contribution in [0.5, 0.6) is 0 Å². The number of carbonyl (C=O) groups is 2. The summed E-state index contributed by atoms with van der Waals surface area (Å²) in [6.07, 6.45) is 2.18. The number of hydrogen-bond donors (Lipinski definition) is 0. The summed E-state index contributed by atoms with van der Waals surface area (Å²) in [5, 5.41) is 0. The summed E-state index contributed by atoms with van der Waals surface area (Å²) in [7, 11) is 0. The molecule has 12 heavy (non-hydrogen) atoms. The van der Waals surface area contributed by atoms with Crippen molar-refractivity contribution in [3.63, 3.8) is 0 Å². The lowest BCUT2D eigenvalue weighted by Crippen LogP contribution is -2.32. The molecule has 1 fully saturated rings. The molecule has 0 aromatic carbocycles. The third-order valence-corrected chi connectivity index (χ3v) is 3.33. The summed E-state index contributed by atoms with van der Waals surface area (Å²) >= 11 is 3.15. The van der Waals surface area contributed by atoms with E-state index in [1.165, 1.54) is 0 Å². The Morgan fingerprint density at radius 1 is 1.42 bits per heavy atom. The Balaban J connectivity index is 2.88. The zero-order valence-corrected chi connectivity index (χ0v) is 8.98. The van der Waals surface area contributed by atoms with Gasteiger partial charge in [-0.1, -0.05) is 29.8 Å². The number of halogens is 1. The van der Waals surface area contributed by atoms with E-state index in [0.717, 1.165) is 12.8 Å². The van der Waals surface area contributed by atoms with Crippen molar-refractivity contribution in [2.45, 2.75) is 37.9 Å². The van der Waals surface area contributed by atoms with Crippen LogP contribution in [0.4, 0.5) is 0 Å². The molecule has 0 radical (unpaired) electrons. The Kier molecular flexibility index (Phi) is 2.71. The molecule has 0 spiro atoms. The SMILES string of the molecule is CC1(C)CCCC(=O)C(Br)C1=O. The zero-order chi connectivity index (χ0) is 9.35. The lowest BCUT2D eigenvalue weighted by molar-refractivity contribution is -0.129. The lowest BCUT2D eigenvalue weighted by Gasteiger charge is -2.21. The van der Waals surface area contributed by atoms with Crippen molar-refractivity contribution in [3.05, 3.63) is 0 Å². The highest BCUT2D eigenvalue weighted by atomic mass is 79.9. The van der Waals surface area contributed by atoms with Crippen LogP contribution < -0.4 is 0 Å². The van der Waals surface area contributed by atoms with Crippen molar-refractivity contribution >= 4 is 27.5 Å². The van der Waals surface area contributed by atoms with Crippen molar-refractivity contribution in [2.24, 2.45) is 5.41 Å². The Bertz CT molecular complexity index is 221. The number of alkyl halides is 1. The van der Waals surface area contributed by atoms with Crippen LogP contribution in [0.25, 0.3) is 0 Å². The minimum Gasteiger partial charge on any atom is -0.298 e. The highest BCUT2D eigenvalue weighted by Crippen LogP contribution is 2.32.